The van der Waals surface area contributed by atoms with Gasteiger partial charge in [-0.3, -0.25) is 9.59 Å². The zero-order valence-electron chi connectivity index (χ0n) is 39.1. The van der Waals surface area contributed by atoms with Crippen LogP contribution >= 0.6 is 0 Å². The molecule has 0 fully saturated rings. The van der Waals surface area contributed by atoms with Gasteiger partial charge in [-0.1, -0.05) is 177 Å². The van der Waals surface area contributed by atoms with Gasteiger partial charge in [0.15, 0.2) is 6.10 Å². The number of hydrogen-bond donors (Lipinski definition) is 1. The lowest BCUT2D eigenvalue weighted by molar-refractivity contribution is -0.870. The molecule has 0 aromatic rings. The van der Waals surface area contributed by atoms with Crippen molar-refractivity contribution in [2.75, 3.05) is 47.5 Å². The Bertz CT molecular complexity index is 1170. The van der Waals surface area contributed by atoms with Gasteiger partial charge in [0.25, 0.3) is 6.29 Å². The Morgan fingerprint density at radius 2 is 0.950 bits per heavy atom. The third-order valence-electron chi connectivity index (χ3n) is 10.0. The Hall–Kier alpha value is -3.01. The van der Waals surface area contributed by atoms with Gasteiger partial charge in [0.1, 0.15) is 13.2 Å². The fraction of sp³-hybridized carbons (Fsp3) is 0.745. The van der Waals surface area contributed by atoms with Gasteiger partial charge in [-0.2, -0.15) is 0 Å². The van der Waals surface area contributed by atoms with Crippen LogP contribution in [0.25, 0.3) is 0 Å². The number of aliphatic carboxylic acids is 1. The Balaban J connectivity index is 4.30. The standard InChI is InChI=1S/C51H89NO8/c1-6-8-10-12-14-16-18-19-20-21-22-23-24-25-26-27-28-29-30-31-32-34-36-38-40-42-49(54)60-47(46-59-51(50(55)56)57-44-43-52(3,4)5)45-58-48(53)41-39-37-35-33-17-15-13-11-9-7-2/h8,10,14,16,19-20,22-23,25-26,47,51H,6-7,9,11-13,15,17-18,21,24,27-46H2,1-5H3/p+1/b10-8-,16-14-,20-19-,23-22-,26-25-. The topological polar surface area (TPSA) is 108 Å². The maximum absolute atomic E-state index is 12.8. The molecule has 60 heavy (non-hydrogen) atoms. The van der Waals surface area contributed by atoms with Crippen molar-refractivity contribution in [3.05, 3.63) is 60.8 Å². The number of carbonyl (C=O) groups is 3. The number of likely N-dealkylation sites (N-methyl/N-ethyl adjacent to an activating group) is 1. The van der Waals surface area contributed by atoms with Gasteiger partial charge in [-0.05, 0) is 57.8 Å². The van der Waals surface area contributed by atoms with Crippen molar-refractivity contribution in [3.8, 4) is 0 Å². The summed E-state index contributed by atoms with van der Waals surface area (Å²) in [6.07, 6.45) is 48.6. The summed E-state index contributed by atoms with van der Waals surface area (Å²) in [5.41, 5.74) is 0. The van der Waals surface area contributed by atoms with Crippen LogP contribution in [0, 0.1) is 0 Å². The fourth-order valence-corrected chi connectivity index (χ4v) is 6.33. The van der Waals surface area contributed by atoms with Crippen molar-refractivity contribution in [3.63, 3.8) is 0 Å². The van der Waals surface area contributed by atoms with E-state index >= 15 is 0 Å². The summed E-state index contributed by atoms with van der Waals surface area (Å²) in [6.45, 7) is 4.73. The molecule has 0 amide bonds. The number of carboxylic acids is 1. The van der Waals surface area contributed by atoms with Gasteiger partial charge in [-0.15, -0.1) is 0 Å². The fourth-order valence-electron chi connectivity index (χ4n) is 6.33. The second kappa shape index (κ2) is 42.7. The smallest absolute Gasteiger partial charge is 0.361 e. The average Bonchev–Trinajstić information content (AvgIpc) is 3.21. The van der Waals surface area contributed by atoms with Crippen LogP contribution in [0.3, 0.4) is 0 Å². The third kappa shape index (κ3) is 43.1. The first-order chi connectivity index (χ1) is 29.1. The first-order valence-electron chi connectivity index (χ1n) is 24.0. The molecule has 0 bridgehead atoms. The van der Waals surface area contributed by atoms with Crippen molar-refractivity contribution in [1.82, 2.24) is 0 Å². The number of ether oxygens (including phenoxy) is 4. The van der Waals surface area contributed by atoms with E-state index in [2.05, 4.69) is 74.6 Å². The Morgan fingerprint density at radius 3 is 1.42 bits per heavy atom. The predicted octanol–water partition coefficient (Wildman–Crippen LogP) is 12.9. The van der Waals surface area contributed by atoms with Crippen LogP contribution in [0.4, 0.5) is 0 Å². The average molecular weight is 845 g/mol. The molecule has 0 radical (unpaired) electrons. The molecule has 0 rings (SSSR count). The van der Waals surface area contributed by atoms with Gasteiger partial charge >= 0.3 is 17.9 Å². The van der Waals surface area contributed by atoms with Crippen molar-refractivity contribution < 1.29 is 42.9 Å². The van der Waals surface area contributed by atoms with E-state index < -0.39 is 24.3 Å². The molecular formula is C51H90NO8+. The van der Waals surface area contributed by atoms with Crippen molar-refractivity contribution >= 4 is 17.9 Å². The van der Waals surface area contributed by atoms with Crippen LogP contribution in [0.2, 0.25) is 0 Å². The third-order valence-corrected chi connectivity index (χ3v) is 10.0. The lowest BCUT2D eigenvalue weighted by Crippen LogP contribution is -2.40. The minimum Gasteiger partial charge on any atom is -0.477 e. The molecule has 0 aliphatic carbocycles. The lowest BCUT2D eigenvalue weighted by Gasteiger charge is -2.25. The predicted molar refractivity (Wildman–Crippen MR) is 249 cm³/mol. The highest BCUT2D eigenvalue weighted by Crippen LogP contribution is 2.14. The monoisotopic (exact) mass is 845 g/mol. The molecule has 9 heteroatoms. The second-order valence-corrected chi connectivity index (χ2v) is 17.0. The zero-order chi connectivity index (χ0) is 44.2. The van der Waals surface area contributed by atoms with Crippen molar-refractivity contribution in [2.45, 2.75) is 200 Å². The molecule has 9 nitrogen and oxygen atoms in total. The molecule has 0 heterocycles. The first-order valence-corrected chi connectivity index (χ1v) is 24.0. The molecule has 0 aliphatic rings. The summed E-state index contributed by atoms with van der Waals surface area (Å²) >= 11 is 0. The van der Waals surface area contributed by atoms with E-state index in [0.717, 1.165) is 77.0 Å². The summed E-state index contributed by atoms with van der Waals surface area (Å²) < 4.78 is 22.7. The normalized spacial score (nSPS) is 13.4. The minimum absolute atomic E-state index is 0.185. The maximum Gasteiger partial charge on any atom is 0.361 e. The van der Waals surface area contributed by atoms with E-state index in [-0.39, 0.29) is 32.2 Å². The highest BCUT2D eigenvalue weighted by Gasteiger charge is 2.25. The number of unbranched alkanes of at least 4 members (excludes halogenated alkanes) is 18. The minimum atomic E-state index is -1.51. The number of carbonyl (C=O) groups excluding carboxylic acids is 2. The first kappa shape index (κ1) is 57.0. The maximum atomic E-state index is 12.8. The molecule has 0 aromatic carbocycles. The number of esters is 2. The molecule has 346 valence electrons. The Morgan fingerprint density at radius 1 is 0.517 bits per heavy atom. The SMILES string of the molecule is CC/C=C\C/C=C\C/C=C\C/C=C\C/C=C\CCCCCCCCCCCC(=O)OC(COC(=O)CCCCCCCCCCCC)COC(OCC[N+](C)(C)C)C(=O)O. The van der Waals surface area contributed by atoms with Gasteiger partial charge in [0.05, 0.1) is 34.4 Å². The van der Waals surface area contributed by atoms with E-state index in [1.165, 1.54) is 77.0 Å². The number of nitrogens with zero attached hydrogens (tertiary/aromatic N) is 1. The Kier molecular flexibility index (Phi) is 40.5. The highest BCUT2D eigenvalue weighted by molar-refractivity contribution is 5.71. The van der Waals surface area contributed by atoms with Crippen LogP contribution in [0.1, 0.15) is 187 Å². The van der Waals surface area contributed by atoms with E-state index in [4.69, 9.17) is 18.9 Å². The van der Waals surface area contributed by atoms with E-state index in [1.54, 1.807) is 0 Å². The van der Waals surface area contributed by atoms with Gasteiger partial charge in [0.2, 0.25) is 0 Å². The van der Waals surface area contributed by atoms with Crippen LogP contribution in [-0.4, -0.2) is 87.4 Å². The van der Waals surface area contributed by atoms with Crippen LogP contribution in [0.5, 0.6) is 0 Å². The molecule has 0 spiro atoms. The van der Waals surface area contributed by atoms with E-state index in [9.17, 15) is 19.5 Å². The molecule has 2 atom stereocenters. The Labute approximate surface area is 367 Å². The van der Waals surface area contributed by atoms with Crippen LogP contribution in [0.15, 0.2) is 60.8 Å². The van der Waals surface area contributed by atoms with E-state index in [1.807, 2.05) is 21.1 Å². The zero-order valence-corrected chi connectivity index (χ0v) is 39.1. The van der Waals surface area contributed by atoms with Crippen molar-refractivity contribution in [2.24, 2.45) is 0 Å². The number of quaternary nitrogens is 1. The summed E-state index contributed by atoms with van der Waals surface area (Å²) in [4.78, 5) is 37.1. The second-order valence-electron chi connectivity index (χ2n) is 17.0. The number of carboxylic acid groups (broad SMARTS) is 1. The van der Waals surface area contributed by atoms with Crippen LogP contribution < -0.4 is 0 Å². The van der Waals surface area contributed by atoms with Gasteiger partial charge < -0.3 is 28.5 Å². The summed E-state index contributed by atoms with van der Waals surface area (Å²) in [6, 6.07) is 0. The molecule has 2 unspecified atom stereocenters. The summed E-state index contributed by atoms with van der Waals surface area (Å²) in [7, 11) is 5.95. The molecule has 0 saturated heterocycles. The number of rotatable bonds is 43. The van der Waals surface area contributed by atoms with E-state index in [0.29, 0.717) is 23.9 Å². The highest BCUT2D eigenvalue weighted by atomic mass is 16.7. The molecular weight excluding hydrogens is 755 g/mol. The molecule has 0 aliphatic heterocycles. The molecule has 0 aromatic heterocycles. The quantitative estimate of drug-likeness (QED) is 0.0212. The van der Waals surface area contributed by atoms with Crippen molar-refractivity contribution in [1.29, 1.82) is 0 Å². The van der Waals surface area contributed by atoms with Gasteiger partial charge in [0, 0.05) is 12.8 Å². The largest absolute Gasteiger partial charge is 0.477 e. The van der Waals surface area contributed by atoms with Gasteiger partial charge in [-0.25, -0.2) is 4.79 Å². The molecule has 0 saturated carbocycles. The summed E-state index contributed by atoms with van der Waals surface area (Å²) in [5.74, 6) is -2.02. The summed E-state index contributed by atoms with van der Waals surface area (Å²) in [5, 5.41) is 9.63. The number of hydrogen-bond acceptors (Lipinski definition) is 7. The number of allylic oxidation sites excluding steroid dienone is 10. The van der Waals surface area contributed by atoms with Crippen LogP contribution in [-0.2, 0) is 33.3 Å². The molecule has 1 N–H and O–H groups in total. The lowest BCUT2D eigenvalue weighted by atomic mass is 10.1.